The molecule has 0 aliphatic carbocycles. The molecule has 0 saturated heterocycles. The van der Waals surface area contributed by atoms with Crippen LogP contribution in [0, 0.1) is 0 Å². The molecule has 0 unspecified atom stereocenters. The zero-order valence-electron chi connectivity index (χ0n) is 15.1. The Balaban J connectivity index is 2.06. The standard InChI is InChI=1S/C20H19Cl2N3O2/c1-3-11-27-20-23-18(14-7-5-13(4-2)6-8-14)25(24-20)19(26)16-10-9-15(21)12-17(16)22/h5-10,12H,3-4,11H2,1-2H3. The molecular formula is C20H19Cl2N3O2. The summed E-state index contributed by atoms with van der Waals surface area (Å²) in [5.74, 6) is 0.00450. The smallest absolute Gasteiger partial charge is 0.336 e. The Morgan fingerprint density at radius 3 is 2.48 bits per heavy atom. The van der Waals surface area contributed by atoms with E-state index in [1.807, 2.05) is 31.2 Å². The summed E-state index contributed by atoms with van der Waals surface area (Å²) in [4.78, 5) is 17.5. The number of aromatic nitrogens is 3. The van der Waals surface area contributed by atoms with Crippen molar-refractivity contribution < 1.29 is 9.53 Å². The monoisotopic (exact) mass is 403 g/mol. The molecule has 0 spiro atoms. The first kappa shape index (κ1) is 19.4. The summed E-state index contributed by atoms with van der Waals surface area (Å²) < 4.78 is 6.75. The average Bonchev–Trinajstić information content (AvgIpc) is 3.10. The molecule has 27 heavy (non-hydrogen) atoms. The molecule has 0 atom stereocenters. The Bertz CT molecular complexity index is 952. The van der Waals surface area contributed by atoms with Gasteiger partial charge in [0.2, 0.25) is 0 Å². The summed E-state index contributed by atoms with van der Waals surface area (Å²) in [5.41, 5.74) is 2.25. The Labute approximate surface area is 167 Å². The van der Waals surface area contributed by atoms with Gasteiger partial charge in [0, 0.05) is 10.6 Å². The number of ether oxygens (including phenoxy) is 1. The van der Waals surface area contributed by atoms with Crippen LogP contribution < -0.4 is 4.74 Å². The van der Waals surface area contributed by atoms with Crippen LogP contribution in [0.2, 0.25) is 10.0 Å². The van der Waals surface area contributed by atoms with Crippen LogP contribution in [0.3, 0.4) is 0 Å². The molecule has 0 N–H and O–H groups in total. The topological polar surface area (TPSA) is 57.0 Å². The summed E-state index contributed by atoms with van der Waals surface area (Å²) in [6.45, 7) is 4.54. The Kier molecular flexibility index (Phi) is 6.14. The molecule has 7 heteroatoms. The van der Waals surface area contributed by atoms with Crippen LogP contribution in [0.25, 0.3) is 11.4 Å². The number of hydrogen-bond acceptors (Lipinski definition) is 4. The van der Waals surface area contributed by atoms with E-state index in [-0.39, 0.29) is 11.0 Å². The lowest BCUT2D eigenvalue weighted by Crippen LogP contribution is -2.16. The SMILES string of the molecule is CCCOc1nc(-c2ccc(CC)cc2)n(C(=O)c2ccc(Cl)cc2Cl)n1. The molecule has 1 heterocycles. The van der Waals surface area contributed by atoms with Crippen LogP contribution in [0.15, 0.2) is 42.5 Å². The van der Waals surface area contributed by atoms with Gasteiger partial charge in [0.05, 0.1) is 17.2 Å². The number of carbonyl (C=O) groups excluding carboxylic acids is 1. The highest BCUT2D eigenvalue weighted by molar-refractivity contribution is 6.36. The maximum absolute atomic E-state index is 13.1. The number of hydrogen-bond donors (Lipinski definition) is 0. The summed E-state index contributed by atoms with van der Waals surface area (Å²) >= 11 is 12.1. The van der Waals surface area contributed by atoms with Gasteiger partial charge in [0.1, 0.15) is 0 Å². The molecule has 2 aromatic carbocycles. The van der Waals surface area contributed by atoms with Crippen LogP contribution >= 0.6 is 23.2 Å². The van der Waals surface area contributed by atoms with Gasteiger partial charge in [-0.25, -0.2) is 0 Å². The van der Waals surface area contributed by atoms with E-state index in [4.69, 9.17) is 27.9 Å². The second kappa shape index (κ2) is 8.55. The van der Waals surface area contributed by atoms with E-state index in [0.29, 0.717) is 23.0 Å². The lowest BCUT2D eigenvalue weighted by atomic mass is 10.1. The van der Waals surface area contributed by atoms with Crippen LogP contribution in [-0.2, 0) is 6.42 Å². The number of rotatable bonds is 6. The Hall–Kier alpha value is -2.37. The van der Waals surface area contributed by atoms with Gasteiger partial charge >= 0.3 is 6.01 Å². The highest BCUT2D eigenvalue weighted by atomic mass is 35.5. The molecule has 0 aliphatic rings. The number of nitrogens with zero attached hydrogens (tertiary/aromatic N) is 3. The minimum Gasteiger partial charge on any atom is -0.462 e. The van der Waals surface area contributed by atoms with Crippen LogP contribution in [0.1, 0.15) is 36.2 Å². The van der Waals surface area contributed by atoms with Crippen LogP contribution in [-0.4, -0.2) is 27.3 Å². The number of benzene rings is 2. The molecule has 3 rings (SSSR count). The van der Waals surface area contributed by atoms with Crippen molar-refractivity contribution in [1.29, 1.82) is 0 Å². The average molecular weight is 404 g/mol. The van der Waals surface area contributed by atoms with Crippen molar-refractivity contribution in [3.63, 3.8) is 0 Å². The first-order chi connectivity index (χ1) is 13.0. The largest absolute Gasteiger partial charge is 0.462 e. The molecule has 0 amide bonds. The second-order valence-corrected chi connectivity index (χ2v) is 6.80. The normalized spacial score (nSPS) is 10.8. The highest BCUT2D eigenvalue weighted by Gasteiger charge is 2.22. The maximum atomic E-state index is 13.1. The third-order valence-corrected chi connectivity index (χ3v) is 4.55. The summed E-state index contributed by atoms with van der Waals surface area (Å²) in [6.07, 6.45) is 1.74. The van der Waals surface area contributed by atoms with E-state index in [0.717, 1.165) is 18.4 Å². The first-order valence-corrected chi connectivity index (χ1v) is 9.48. The van der Waals surface area contributed by atoms with Gasteiger partial charge < -0.3 is 4.74 Å². The number of aryl methyl sites for hydroxylation is 1. The molecule has 0 aliphatic heterocycles. The van der Waals surface area contributed by atoms with Crippen molar-refractivity contribution in [2.24, 2.45) is 0 Å². The summed E-state index contributed by atoms with van der Waals surface area (Å²) in [5, 5.41) is 4.96. The van der Waals surface area contributed by atoms with Gasteiger partial charge in [-0.05, 0) is 36.6 Å². The maximum Gasteiger partial charge on any atom is 0.336 e. The Morgan fingerprint density at radius 1 is 1.11 bits per heavy atom. The Morgan fingerprint density at radius 2 is 1.85 bits per heavy atom. The molecular weight excluding hydrogens is 385 g/mol. The van der Waals surface area contributed by atoms with Crippen molar-refractivity contribution in [1.82, 2.24) is 14.8 Å². The first-order valence-electron chi connectivity index (χ1n) is 8.72. The minimum atomic E-state index is -0.398. The lowest BCUT2D eigenvalue weighted by molar-refractivity contribution is 0.0945. The third-order valence-electron chi connectivity index (χ3n) is 4.00. The fourth-order valence-corrected chi connectivity index (χ4v) is 3.03. The van der Waals surface area contributed by atoms with Crippen molar-refractivity contribution in [2.45, 2.75) is 26.7 Å². The van der Waals surface area contributed by atoms with Gasteiger partial charge in [0.15, 0.2) is 5.82 Å². The van der Waals surface area contributed by atoms with Crippen LogP contribution in [0.4, 0.5) is 0 Å². The van der Waals surface area contributed by atoms with E-state index >= 15 is 0 Å². The van der Waals surface area contributed by atoms with Crippen LogP contribution in [0.5, 0.6) is 6.01 Å². The quantitative estimate of drug-likeness (QED) is 0.560. The molecule has 5 nitrogen and oxygen atoms in total. The predicted molar refractivity (Wildman–Crippen MR) is 107 cm³/mol. The fraction of sp³-hybridized carbons (Fsp3) is 0.250. The molecule has 140 valence electrons. The van der Waals surface area contributed by atoms with Crippen molar-refractivity contribution in [3.8, 4) is 17.4 Å². The van der Waals surface area contributed by atoms with Gasteiger partial charge in [-0.1, -0.05) is 61.3 Å². The third kappa shape index (κ3) is 4.31. The van der Waals surface area contributed by atoms with E-state index in [2.05, 4.69) is 17.0 Å². The fourth-order valence-electron chi connectivity index (χ4n) is 2.54. The van der Waals surface area contributed by atoms with Crippen molar-refractivity contribution >= 4 is 29.1 Å². The second-order valence-electron chi connectivity index (χ2n) is 5.96. The molecule has 1 aromatic heterocycles. The molecule has 0 bridgehead atoms. The van der Waals surface area contributed by atoms with E-state index in [9.17, 15) is 4.79 Å². The van der Waals surface area contributed by atoms with Crippen molar-refractivity contribution in [3.05, 3.63) is 63.6 Å². The number of carbonyl (C=O) groups is 1. The van der Waals surface area contributed by atoms with Crippen molar-refractivity contribution in [2.75, 3.05) is 6.61 Å². The minimum absolute atomic E-state index is 0.157. The zero-order valence-corrected chi connectivity index (χ0v) is 16.6. The molecule has 0 saturated carbocycles. The van der Waals surface area contributed by atoms with E-state index in [1.54, 1.807) is 12.1 Å². The summed E-state index contributed by atoms with van der Waals surface area (Å²) in [6, 6.07) is 12.7. The number of halogens is 2. The molecule has 0 radical (unpaired) electrons. The molecule has 0 fully saturated rings. The molecule has 3 aromatic rings. The summed E-state index contributed by atoms with van der Waals surface area (Å²) in [7, 11) is 0. The van der Waals surface area contributed by atoms with Gasteiger partial charge in [-0.3, -0.25) is 4.79 Å². The van der Waals surface area contributed by atoms with E-state index < -0.39 is 5.91 Å². The van der Waals surface area contributed by atoms with Gasteiger partial charge in [-0.2, -0.15) is 9.67 Å². The highest BCUT2D eigenvalue weighted by Crippen LogP contribution is 2.26. The van der Waals surface area contributed by atoms with Gasteiger partial charge in [-0.15, -0.1) is 5.10 Å². The lowest BCUT2D eigenvalue weighted by Gasteiger charge is -2.07. The van der Waals surface area contributed by atoms with Gasteiger partial charge in [0.25, 0.3) is 5.91 Å². The van der Waals surface area contributed by atoms with E-state index in [1.165, 1.54) is 16.3 Å². The predicted octanol–water partition coefficient (Wildman–Crippen LogP) is 5.29. The zero-order chi connectivity index (χ0) is 19.4.